The molecule has 0 unspecified atom stereocenters. The topological polar surface area (TPSA) is 102 Å². The van der Waals surface area contributed by atoms with Crippen molar-refractivity contribution in [2.75, 3.05) is 12.4 Å². The van der Waals surface area contributed by atoms with E-state index in [-0.39, 0.29) is 11.8 Å². The van der Waals surface area contributed by atoms with Crippen molar-refractivity contribution < 1.29 is 14.4 Å². The number of H-pyrrole nitrogens is 1. The number of amides is 1. The van der Waals surface area contributed by atoms with Crippen molar-refractivity contribution in [1.29, 1.82) is 0 Å². The number of hydrogen-bond acceptors (Lipinski definition) is 6. The molecule has 2 heterocycles. The highest BCUT2D eigenvalue weighted by Crippen LogP contribution is 2.48. The lowest BCUT2D eigenvalue weighted by Gasteiger charge is -2.22. The maximum absolute atomic E-state index is 13.2. The maximum atomic E-state index is 13.2. The summed E-state index contributed by atoms with van der Waals surface area (Å²) in [4.78, 5) is 26.6. The molecule has 0 bridgehead atoms. The van der Waals surface area contributed by atoms with Crippen LogP contribution in [-0.4, -0.2) is 23.0 Å². The highest BCUT2D eigenvalue weighted by Gasteiger charge is 2.30. The van der Waals surface area contributed by atoms with Gasteiger partial charge < -0.3 is 19.9 Å². The minimum absolute atomic E-state index is 0.283. The molecule has 1 aliphatic rings. The molecule has 170 valence electrons. The van der Waals surface area contributed by atoms with E-state index in [1.165, 1.54) is 6.42 Å². The van der Waals surface area contributed by atoms with Gasteiger partial charge in [-0.05, 0) is 43.0 Å². The fourth-order valence-electron chi connectivity index (χ4n) is 4.67. The monoisotopic (exact) mass is 462 g/mol. The van der Waals surface area contributed by atoms with Crippen molar-refractivity contribution >= 4 is 33.3 Å². The lowest BCUT2D eigenvalue weighted by molar-refractivity contribution is 0.102. The maximum Gasteiger partial charge on any atom is 0.260 e. The Morgan fingerprint density at radius 3 is 2.64 bits per heavy atom. The summed E-state index contributed by atoms with van der Waals surface area (Å²) in [6, 6.07) is 15.2. The molecular weight excluding hydrogens is 436 g/mol. The zero-order valence-electron chi connectivity index (χ0n) is 18.4. The van der Waals surface area contributed by atoms with Crippen LogP contribution in [0.15, 0.2) is 48.5 Å². The summed E-state index contributed by atoms with van der Waals surface area (Å²) in [5.41, 5.74) is 3.21. The molecule has 33 heavy (non-hydrogen) atoms. The fraction of sp³-hybridized carbons (Fsp3) is 0.280. The first kappa shape index (κ1) is 21.5. The van der Waals surface area contributed by atoms with Gasteiger partial charge in [-0.3, -0.25) is 4.79 Å². The van der Waals surface area contributed by atoms with Gasteiger partial charge in [0.2, 0.25) is 5.88 Å². The molecule has 2 aromatic carbocycles. The molecule has 0 spiro atoms. The number of anilines is 1. The highest BCUT2D eigenvalue weighted by atomic mass is 32.1. The van der Waals surface area contributed by atoms with Gasteiger partial charge in [0.25, 0.3) is 5.91 Å². The van der Waals surface area contributed by atoms with Crippen LogP contribution in [0.1, 0.15) is 53.9 Å². The summed E-state index contributed by atoms with van der Waals surface area (Å²) in [5, 5.41) is 3.86. The summed E-state index contributed by atoms with van der Waals surface area (Å²) < 4.78 is 6.46. The Morgan fingerprint density at radius 1 is 1.12 bits per heavy atom. The first-order chi connectivity index (χ1) is 16.2. The van der Waals surface area contributed by atoms with E-state index in [4.69, 9.17) is 20.5 Å². The molecular formula is C25H26N4O3S. The van der Waals surface area contributed by atoms with Gasteiger partial charge in [0.05, 0.1) is 28.5 Å². The first-order valence-electron chi connectivity index (χ1n) is 11.1. The average molecular weight is 463 g/mol. The zero-order valence-corrected chi connectivity index (χ0v) is 19.2. The molecule has 5 rings (SSSR count). The Bertz CT molecular complexity index is 1260. The number of aromatic amines is 1. The second kappa shape index (κ2) is 9.25. The third-order valence-electron chi connectivity index (χ3n) is 6.23. The molecule has 7 nitrogen and oxygen atoms in total. The van der Waals surface area contributed by atoms with Crippen LogP contribution in [0.5, 0.6) is 11.6 Å². The highest BCUT2D eigenvalue weighted by molar-refractivity contribution is 7.21. The molecule has 0 aliphatic heterocycles. The van der Waals surface area contributed by atoms with Crippen molar-refractivity contribution in [1.82, 2.24) is 9.97 Å². The molecule has 4 aromatic rings. The van der Waals surface area contributed by atoms with Crippen molar-refractivity contribution in [3.05, 3.63) is 59.7 Å². The van der Waals surface area contributed by atoms with Gasteiger partial charge >= 0.3 is 0 Å². The van der Waals surface area contributed by atoms with Crippen LogP contribution >= 0.6 is 11.3 Å². The number of benzene rings is 2. The molecule has 1 aliphatic carbocycles. The van der Waals surface area contributed by atoms with Gasteiger partial charge in [0.1, 0.15) is 16.6 Å². The number of nitrogens with two attached hydrogens (primary N) is 1. The minimum atomic E-state index is -0.283. The van der Waals surface area contributed by atoms with E-state index in [2.05, 4.69) is 16.4 Å². The van der Waals surface area contributed by atoms with E-state index < -0.39 is 0 Å². The smallest absolute Gasteiger partial charge is 0.260 e. The number of rotatable bonds is 6. The van der Waals surface area contributed by atoms with Crippen LogP contribution < -0.4 is 20.8 Å². The summed E-state index contributed by atoms with van der Waals surface area (Å²) >= 11 is 1.59. The molecule has 0 atom stereocenters. The Hall–Kier alpha value is -3.36. The largest absolute Gasteiger partial charge is 0.496 e. The van der Waals surface area contributed by atoms with E-state index in [0.29, 0.717) is 23.0 Å². The number of fused-ring (bicyclic) bond motifs is 1. The standard InChI is InChI=1S/C25H26N4O3S/c1-31-18-13-7-5-11-16(18)23(30)28-22-21(25-27-17-12-6-8-14-19(17)33-25)20(24(29-22)32-26)15-9-3-2-4-10-15/h5-8,11-15,29H,2-4,9-10,26H2,1H3,(H,28,30). The number of aromatic nitrogens is 2. The van der Waals surface area contributed by atoms with Crippen LogP contribution in [0.25, 0.3) is 20.8 Å². The van der Waals surface area contributed by atoms with Gasteiger partial charge in [0, 0.05) is 5.56 Å². The first-order valence-corrected chi connectivity index (χ1v) is 11.9. The van der Waals surface area contributed by atoms with E-state index >= 15 is 0 Å². The number of carbonyl (C=O) groups excluding carboxylic acids is 1. The van der Waals surface area contributed by atoms with Crippen molar-refractivity contribution in [2.24, 2.45) is 5.90 Å². The van der Waals surface area contributed by atoms with Crippen LogP contribution in [0.2, 0.25) is 0 Å². The molecule has 2 aromatic heterocycles. The predicted molar refractivity (Wildman–Crippen MR) is 131 cm³/mol. The molecule has 0 radical (unpaired) electrons. The van der Waals surface area contributed by atoms with Crippen molar-refractivity contribution in [3.8, 4) is 22.2 Å². The van der Waals surface area contributed by atoms with Gasteiger partial charge in [-0.1, -0.05) is 43.5 Å². The normalized spacial score (nSPS) is 14.4. The third-order valence-corrected chi connectivity index (χ3v) is 7.29. The van der Waals surface area contributed by atoms with Crippen LogP contribution in [-0.2, 0) is 0 Å². The zero-order chi connectivity index (χ0) is 22.8. The molecule has 1 fully saturated rings. The van der Waals surface area contributed by atoms with Gasteiger partial charge in [-0.2, -0.15) is 5.90 Å². The number of nitrogens with one attached hydrogen (secondary N) is 2. The van der Waals surface area contributed by atoms with Crippen molar-refractivity contribution in [2.45, 2.75) is 38.0 Å². The third kappa shape index (κ3) is 4.07. The Kier molecular flexibility index (Phi) is 6.02. The van der Waals surface area contributed by atoms with E-state index in [0.717, 1.165) is 52.0 Å². The van der Waals surface area contributed by atoms with E-state index in [1.807, 2.05) is 30.3 Å². The molecule has 8 heteroatoms. The Labute approximate surface area is 195 Å². The summed E-state index contributed by atoms with van der Waals surface area (Å²) in [5.74, 6) is 7.22. The number of ether oxygens (including phenoxy) is 1. The quantitative estimate of drug-likeness (QED) is 0.312. The summed E-state index contributed by atoms with van der Waals surface area (Å²) in [7, 11) is 1.55. The van der Waals surface area contributed by atoms with Crippen LogP contribution in [0.4, 0.5) is 5.82 Å². The number of methoxy groups -OCH3 is 1. The summed E-state index contributed by atoms with van der Waals surface area (Å²) in [6.07, 6.45) is 5.63. The Morgan fingerprint density at radius 2 is 1.88 bits per heavy atom. The number of thiazole rings is 1. The number of nitrogens with zero attached hydrogens (tertiary/aromatic N) is 1. The number of hydrogen-bond donors (Lipinski definition) is 3. The molecule has 0 saturated heterocycles. The lowest BCUT2D eigenvalue weighted by Crippen LogP contribution is -2.14. The lowest BCUT2D eigenvalue weighted by atomic mass is 9.83. The van der Waals surface area contributed by atoms with Gasteiger partial charge in [-0.25, -0.2) is 4.98 Å². The Balaban J connectivity index is 1.64. The van der Waals surface area contributed by atoms with E-state index in [1.54, 1.807) is 30.6 Å². The van der Waals surface area contributed by atoms with Crippen LogP contribution in [0, 0.1) is 0 Å². The van der Waals surface area contributed by atoms with Crippen LogP contribution in [0.3, 0.4) is 0 Å². The average Bonchev–Trinajstić information content (AvgIpc) is 3.45. The van der Waals surface area contributed by atoms with Gasteiger partial charge in [-0.15, -0.1) is 11.3 Å². The summed E-state index contributed by atoms with van der Waals surface area (Å²) in [6.45, 7) is 0. The molecule has 1 saturated carbocycles. The second-order valence-corrected chi connectivity index (χ2v) is 9.24. The minimum Gasteiger partial charge on any atom is -0.496 e. The predicted octanol–water partition coefficient (Wildman–Crippen LogP) is 5.85. The number of para-hydroxylation sites is 2. The molecule has 4 N–H and O–H groups in total. The van der Waals surface area contributed by atoms with Crippen molar-refractivity contribution in [3.63, 3.8) is 0 Å². The molecule has 1 amide bonds. The van der Waals surface area contributed by atoms with Gasteiger partial charge in [0.15, 0.2) is 0 Å². The second-order valence-electron chi connectivity index (χ2n) is 8.21. The van der Waals surface area contributed by atoms with E-state index in [9.17, 15) is 4.79 Å². The number of carbonyl (C=O) groups is 1. The fourth-order valence-corrected chi connectivity index (χ4v) is 5.70. The SMILES string of the molecule is COc1ccccc1C(=O)Nc1[nH]c(ON)c(C2CCCCC2)c1-c1nc2ccccc2s1.